The Morgan fingerprint density at radius 3 is 2.89 bits per heavy atom. The third-order valence-corrected chi connectivity index (χ3v) is 5.78. The van der Waals surface area contributed by atoms with Gasteiger partial charge in [0.1, 0.15) is 10.7 Å². The fourth-order valence-electron chi connectivity index (χ4n) is 2.43. The molecular weight excluding hydrogens is 280 g/mol. The molecule has 2 saturated heterocycles. The second-order valence-electron chi connectivity index (χ2n) is 4.94. The quantitative estimate of drug-likeness (QED) is 0.886. The molecule has 1 aromatic rings. The Kier molecular flexibility index (Phi) is 3.83. The Labute approximate surface area is 120 Å². The molecule has 2 aliphatic rings. The van der Waals surface area contributed by atoms with E-state index < -0.39 is 0 Å². The second-order valence-corrected chi connectivity index (χ2v) is 7.07. The van der Waals surface area contributed by atoms with E-state index in [2.05, 4.69) is 15.2 Å². The number of hydrogen-bond acceptors (Lipinski definition) is 6. The van der Waals surface area contributed by atoms with Gasteiger partial charge in [-0.2, -0.15) is 11.8 Å². The summed E-state index contributed by atoms with van der Waals surface area (Å²) in [6.07, 6.45) is 3.44. The first-order valence-electron chi connectivity index (χ1n) is 6.64. The Morgan fingerprint density at radius 2 is 2.21 bits per heavy atom. The van der Waals surface area contributed by atoms with Crippen molar-refractivity contribution in [1.29, 1.82) is 0 Å². The van der Waals surface area contributed by atoms with Gasteiger partial charge in [-0.05, 0) is 25.0 Å². The maximum Gasteiger partial charge on any atom is 0.265 e. The summed E-state index contributed by atoms with van der Waals surface area (Å²) < 4.78 is 0. The van der Waals surface area contributed by atoms with Crippen LogP contribution < -0.4 is 16.0 Å². The highest BCUT2D eigenvalue weighted by Gasteiger charge is 2.24. The van der Waals surface area contributed by atoms with Crippen LogP contribution in [0.1, 0.15) is 28.9 Å². The Morgan fingerprint density at radius 1 is 1.42 bits per heavy atom. The van der Waals surface area contributed by atoms with Crippen LogP contribution in [0.4, 0.5) is 10.9 Å². The zero-order valence-electron chi connectivity index (χ0n) is 10.7. The summed E-state index contributed by atoms with van der Waals surface area (Å²) in [5.41, 5.74) is 5.89. The predicted molar refractivity (Wildman–Crippen MR) is 81.2 cm³/mol. The molecular formula is C12H18N4OS2. The van der Waals surface area contributed by atoms with E-state index in [1.54, 1.807) is 0 Å². The molecule has 3 rings (SSSR count). The van der Waals surface area contributed by atoms with Gasteiger partial charge in [-0.3, -0.25) is 4.79 Å². The van der Waals surface area contributed by atoms with Crippen LogP contribution in [-0.4, -0.2) is 41.5 Å². The number of rotatable bonds is 3. The van der Waals surface area contributed by atoms with E-state index in [0.717, 1.165) is 36.1 Å². The molecule has 0 saturated carbocycles. The van der Waals surface area contributed by atoms with Crippen molar-refractivity contribution in [3.05, 3.63) is 4.88 Å². The van der Waals surface area contributed by atoms with Gasteiger partial charge in [-0.1, -0.05) is 11.3 Å². The lowest BCUT2D eigenvalue weighted by atomic mass is 10.2. The number of aromatic nitrogens is 1. The zero-order chi connectivity index (χ0) is 13.2. The van der Waals surface area contributed by atoms with Crippen LogP contribution in [0.15, 0.2) is 0 Å². The van der Waals surface area contributed by atoms with Gasteiger partial charge >= 0.3 is 0 Å². The van der Waals surface area contributed by atoms with Crippen LogP contribution >= 0.6 is 23.1 Å². The molecule has 0 radical (unpaired) electrons. The zero-order valence-corrected chi connectivity index (χ0v) is 12.4. The third-order valence-electron chi connectivity index (χ3n) is 3.49. The molecule has 5 nitrogen and oxygen atoms in total. The van der Waals surface area contributed by atoms with E-state index in [9.17, 15) is 4.79 Å². The van der Waals surface area contributed by atoms with Crippen molar-refractivity contribution in [1.82, 2.24) is 10.3 Å². The summed E-state index contributed by atoms with van der Waals surface area (Å²) in [4.78, 5) is 19.3. The number of carbonyl (C=O) groups is 1. The number of nitrogens with two attached hydrogens (primary N) is 1. The minimum absolute atomic E-state index is 0.0621. The Balaban J connectivity index is 1.70. The van der Waals surface area contributed by atoms with Crippen LogP contribution in [0.2, 0.25) is 0 Å². The first-order chi connectivity index (χ1) is 9.24. The number of hydrogen-bond donors (Lipinski definition) is 2. The average molecular weight is 298 g/mol. The smallest absolute Gasteiger partial charge is 0.265 e. The van der Waals surface area contributed by atoms with Crippen molar-refractivity contribution in [2.45, 2.75) is 25.3 Å². The van der Waals surface area contributed by atoms with Crippen LogP contribution in [0.25, 0.3) is 0 Å². The molecule has 1 atom stereocenters. The van der Waals surface area contributed by atoms with Gasteiger partial charge < -0.3 is 16.0 Å². The Bertz CT molecular complexity index is 464. The van der Waals surface area contributed by atoms with E-state index >= 15 is 0 Å². The summed E-state index contributed by atoms with van der Waals surface area (Å²) in [6, 6.07) is 0.286. The number of carbonyl (C=O) groups excluding carboxylic acids is 1. The van der Waals surface area contributed by atoms with Gasteiger partial charge in [0.2, 0.25) is 0 Å². The second kappa shape index (κ2) is 5.58. The summed E-state index contributed by atoms with van der Waals surface area (Å²) >= 11 is 3.30. The van der Waals surface area contributed by atoms with Crippen LogP contribution in [0, 0.1) is 0 Å². The lowest BCUT2D eigenvalue weighted by Gasteiger charge is -2.12. The number of nitrogens with zero attached hydrogens (tertiary/aromatic N) is 2. The topological polar surface area (TPSA) is 71.2 Å². The summed E-state index contributed by atoms with van der Waals surface area (Å²) in [5, 5.41) is 3.94. The minimum Gasteiger partial charge on any atom is -0.382 e. The number of nitrogens with one attached hydrogen (secondary N) is 1. The average Bonchev–Trinajstić information content (AvgIpc) is 3.07. The molecule has 2 fully saturated rings. The van der Waals surface area contributed by atoms with Crippen molar-refractivity contribution in [2.75, 3.05) is 35.2 Å². The van der Waals surface area contributed by atoms with Crippen molar-refractivity contribution in [3.8, 4) is 0 Å². The summed E-state index contributed by atoms with van der Waals surface area (Å²) in [7, 11) is 0. The standard InChI is InChI=1S/C12H18N4OS2/c13-10-9(11(17)14-8-3-6-18-7-8)19-12(15-10)16-4-1-2-5-16/h8H,1-7,13H2,(H,14,17). The van der Waals surface area contributed by atoms with E-state index in [4.69, 9.17) is 5.73 Å². The maximum atomic E-state index is 12.2. The number of amides is 1. The normalized spacial score (nSPS) is 22.9. The fourth-order valence-corrected chi connectivity index (χ4v) is 4.52. The number of thiazole rings is 1. The van der Waals surface area contributed by atoms with Crippen molar-refractivity contribution < 1.29 is 4.79 Å². The molecule has 1 unspecified atom stereocenters. The molecule has 1 amide bonds. The molecule has 0 bridgehead atoms. The van der Waals surface area contributed by atoms with Gasteiger partial charge in [0.15, 0.2) is 5.13 Å². The van der Waals surface area contributed by atoms with Gasteiger partial charge in [0.05, 0.1) is 0 Å². The summed E-state index contributed by atoms with van der Waals surface area (Å²) in [5.74, 6) is 2.44. The number of thioether (sulfide) groups is 1. The molecule has 3 N–H and O–H groups in total. The first-order valence-corrected chi connectivity index (χ1v) is 8.61. The van der Waals surface area contributed by atoms with Crippen molar-refractivity contribution in [3.63, 3.8) is 0 Å². The molecule has 2 aliphatic heterocycles. The fraction of sp³-hybridized carbons (Fsp3) is 0.667. The van der Waals surface area contributed by atoms with E-state index in [1.807, 2.05) is 11.8 Å². The van der Waals surface area contributed by atoms with Crippen LogP contribution in [0.5, 0.6) is 0 Å². The third kappa shape index (κ3) is 2.81. The molecule has 0 aromatic carbocycles. The molecule has 3 heterocycles. The molecule has 19 heavy (non-hydrogen) atoms. The predicted octanol–water partition coefficient (Wildman–Crippen LogP) is 1.56. The van der Waals surface area contributed by atoms with Gasteiger partial charge in [0.25, 0.3) is 5.91 Å². The van der Waals surface area contributed by atoms with E-state index in [1.165, 1.54) is 24.2 Å². The lowest BCUT2D eigenvalue weighted by Crippen LogP contribution is -2.34. The molecule has 0 aliphatic carbocycles. The molecule has 0 spiro atoms. The highest BCUT2D eigenvalue weighted by Crippen LogP contribution is 2.30. The first kappa shape index (κ1) is 13.1. The van der Waals surface area contributed by atoms with Gasteiger partial charge in [-0.25, -0.2) is 4.98 Å². The van der Waals surface area contributed by atoms with E-state index in [0.29, 0.717) is 10.7 Å². The number of anilines is 2. The summed E-state index contributed by atoms with van der Waals surface area (Å²) in [6.45, 7) is 2.04. The molecule has 104 valence electrons. The monoisotopic (exact) mass is 298 g/mol. The largest absolute Gasteiger partial charge is 0.382 e. The van der Waals surface area contributed by atoms with E-state index in [-0.39, 0.29) is 11.9 Å². The van der Waals surface area contributed by atoms with Crippen molar-refractivity contribution in [2.24, 2.45) is 0 Å². The van der Waals surface area contributed by atoms with Gasteiger partial charge in [-0.15, -0.1) is 0 Å². The lowest BCUT2D eigenvalue weighted by molar-refractivity contribution is 0.0946. The number of nitrogen functional groups attached to an aromatic ring is 1. The van der Waals surface area contributed by atoms with Gasteiger partial charge in [0, 0.05) is 24.9 Å². The Hall–Kier alpha value is -0.950. The van der Waals surface area contributed by atoms with Crippen LogP contribution in [-0.2, 0) is 0 Å². The van der Waals surface area contributed by atoms with Crippen LogP contribution in [0.3, 0.4) is 0 Å². The highest BCUT2D eigenvalue weighted by molar-refractivity contribution is 7.99. The maximum absolute atomic E-state index is 12.2. The SMILES string of the molecule is Nc1nc(N2CCCC2)sc1C(=O)NC1CCSC1. The minimum atomic E-state index is -0.0621. The van der Waals surface area contributed by atoms with Crippen molar-refractivity contribution >= 4 is 40.0 Å². The molecule has 1 aromatic heterocycles. The molecule has 7 heteroatoms. The highest BCUT2D eigenvalue weighted by atomic mass is 32.2.